The smallest absolute Gasteiger partial charge is 0.287 e. The minimum Gasteiger partial charge on any atom is -0.393 e. The molecule has 0 aliphatic heterocycles. The van der Waals surface area contributed by atoms with E-state index in [9.17, 15) is 18.7 Å². The lowest BCUT2D eigenvalue weighted by Gasteiger charge is -2.17. The highest BCUT2D eigenvalue weighted by Gasteiger charge is 2.25. The molecule has 0 aliphatic carbocycles. The molecule has 1 unspecified atom stereocenters. The third-order valence-electron chi connectivity index (χ3n) is 5.90. The fourth-order valence-corrected chi connectivity index (χ4v) is 4.19. The number of rotatable bonds is 12. The van der Waals surface area contributed by atoms with Gasteiger partial charge in [-0.05, 0) is 56.9 Å². The first-order chi connectivity index (χ1) is 17.2. The average molecular weight is 502 g/mol. The SMILES string of the molecule is CC(C)n1c(C(=O)NCc2ccccc2)nc(-c2ccc(F)c(F)c2)c1CCCCC(O)CC(O)O. The zero-order chi connectivity index (χ0) is 26.2. The van der Waals surface area contributed by atoms with Gasteiger partial charge in [0.1, 0.15) is 0 Å². The summed E-state index contributed by atoms with van der Waals surface area (Å²) in [7, 11) is 0. The van der Waals surface area contributed by atoms with Crippen molar-refractivity contribution in [2.24, 2.45) is 0 Å². The van der Waals surface area contributed by atoms with Gasteiger partial charge in [-0.2, -0.15) is 0 Å². The fourth-order valence-electron chi connectivity index (χ4n) is 4.19. The predicted molar refractivity (Wildman–Crippen MR) is 132 cm³/mol. The zero-order valence-electron chi connectivity index (χ0n) is 20.5. The zero-order valence-corrected chi connectivity index (χ0v) is 20.5. The molecule has 1 atom stereocenters. The molecule has 0 bridgehead atoms. The molecule has 7 nitrogen and oxygen atoms in total. The van der Waals surface area contributed by atoms with E-state index in [2.05, 4.69) is 10.3 Å². The highest BCUT2D eigenvalue weighted by molar-refractivity contribution is 5.92. The molecule has 2 aromatic carbocycles. The van der Waals surface area contributed by atoms with Gasteiger partial charge >= 0.3 is 0 Å². The second-order valence-electron chi connectivity index (χ2n) is 9.11. The van der Waals surface area contributed by atoms with Crippen LogP contribution in [0.2, 0.25) is 0 Å². The summed E-state index contributed by atoms with van der Waals surface area (Å²) in [5, 5.41) is 30.8. The first kappa shape index (κ1) is 27.4. The van der Waals surface area contributed by atoms with E-state index in [0.717, 1.165) is 17.7 Å². The van der Waals surface area contributed by atoms with Gasteiger partial charge in [-0.3, -0.25) is 4.79 Å². The van der Waals surface area contributed by atoms with E-state index in [1.807, 2.05) is 48.7 Å². The van der Waals surface area contributed by atoms with Crippen LogP contribution in [-0.2, 0) is 13.0 Å². The number of benzene rings is 2. The van der Waals surface area contributed by atoms with E-state index in [0.29, 0.717) is 49.2 Å². The Morgan fingerprint density at radius 2 is 1.75 bits per heavy atom. The average Bonchev–Trinajstić information content (AvgIpc) is 3.22. The fraction of sp³-hybridized carbons (Fsp3) is 0.407. The van der Waals surface area contributed by atoms with Crippen LogP contribution in [0, 0.1) is 11.6 Å². The number of unbranched alkanes of at least 4 members (excludes halogenated alkanes) is 1. The molecule has 0 spiro atoms. The standard InChI is InChI=1S/C27H33F2N3O4/c1-17(2)32-23(11-7-6-10-20(33)15-24(34)35)25(19-12-13-21(28)22(29)14-19)31-26(32)27(36)30-16-18-8-4-3-5-9-18/h3-5,8-9,12-14,17,20,24,33-35H,6-7,10-11,15-16H2,1-2H3,(H,30,36). The molecule has 36 heavy (non-hydrogen) atoms. The molecule has 1 aromatic heterocycles. The molecule has 9 heteroatoms. The van der Waals surface area contributed by atoms with Gasteiger partial charge in [0.2, 0.25) is 0 Å². The van der Waals surface area contributed by atoms with Crippen LogP contribution >= 0.6 is 0 Å². The molecule has 0 aliphatic rings. The van der Waals surface area contributed by atoms with Gasteiger partial charge in [0.05, 0.1) is 11.8 Å². The van der Waals surface area contributed by atoms with Crippen LogP contribution in [0.25, 0.3) is 11.3 Å². The summed E-state index contributed by atoms with van der Waals surface area (Å²) in [4.78, 5) is 17.8. The maximum Gasteiger partial charge on any atom is 0.287 e. The summed E-state index contributed by atoms with van der Waals surface area (Å²) in [5.74, 6) is -2.17. The van der Waals surface area contributed by atoms with E-state index in [1.165, 1.54) is 6.07 Å². The maximum atomic E-state index is 14.1. The van der Waals surface area contributed by atoms with Crippen molar-refractivity contribution in [3.63, 3.8) is 0 Å². The van der Waals surface area contributed by atoms with Gasteiger partial charge in [0, 0.05) is 30.3 Å². The summed E-state index contributed by atoms with van der Waals surface area (Å²) in [6.45, 7) is 4.15. The third-order valence-corrected chi connectivity index (χ3v) is 5.90. The number of aromatic nitrogens is 2. The van der Waals surface area contributed by atoms with E-state index in [1.54, 1.807) is 0 Å². The predicted octanol–water partition coefficient (Wildman–Crippen LogP) is 4.11. The summed E-state index contributed by atoms with van der Waals surface area (Å²) in [6.07, 6.45) is -0.499. The maximum absolute atomic E-state index is 14.1. The molecular formula is C27H33F2N3O4. The Bertz CT molecular complexity index is 1150. The number of carbonyl (C=O) groups excluding carboxylic acids is 1. The van der Waals surface area contributed by atoms with Crippen LogP contribution in [0.3, 0.4) is 0 Å². The molecular weight excluding hydrogens is 468 g/mol. The molecule has 0 radical (unpaired) electrons. The number of nitrogens with one attached hydrogen (secondary N) is 1. The number of amides is 1. The van der Waals surface area contributed by atoms with Crippen molar-refractivity contribution in [3.05, 3.63) is 77.2 Å². The number of aliphatic hydroxyl groups excluding tert-OH is 2. The van der Waals surface area contributed by atoms with Gasteiger partial charge < -0.3 is 25.2 Å². The van der Waals surface area contributed by atoms with Crippen LogP contribution in [0.1, 0.15) is 67.4 Å². The third kappa shape index (κ3) is 7.19. The number of nitrogens with zero attached hydrogens (tertiary/aromatic N) is 2. The van der Waals surface area contributed by atoms with E-state index in [-0.39, 0.29) is 24.2 Å². The van der Waals surface area contributed by atoms with Crippen molar-refractivity contribution in [1.82, 2.24) is 14.9 Å². The van der Waals surface area contributed by atoms with Crippen molar-refractivity contribution in [1.29, 1.82) is 0 Å². The summed E-state index contributed by atoms with van der Waals surface area (Å²) >= 11 is 0. The Morgan fingerprint density at radius 3 is 2.39 bits per heavy atom. The molecule has 194 valence electrons. The Hall–Kier alpha value is -3.14. The Morgan fingerprint density at radius 1 is 1.03 bits per heavy atom. The number of hydrogen-bond donors (Lipinski definition) is 4. The van der Waals surface area contributed by atoms with Crippen molar-refractivity contribution in [2.75, 3.05) is 0 Å². The normalized spacial score (nSPS) is 12.4. The molecule has 4 N–H and O–H groups in total. The number of halogens is 2. The van der Waals surface area contributed by atoms with Crippen molar-refractivity contribution in [2.45, 2.75) is 70.9 Å². The first-order valence-corrected chi connectivity index (χ1v) is 12.1. The Balaban J connectivity index is 1.90. The van der Waals surface area contributed by atoms with E-state index < -0.39 is 24.0 Å². The second-order valence-corrected chi connectivity index (χ2v) is 9.11. The van der Waals surface area contributed by atoms with Crippen LogP contribution in [0.15, 0.2) is 48.5 Å². The van der Waals surface area contributed by atoms with Crippen molar-refractivity contribution >= 4 is 5.91 Å². The monoisotopic (exact) mass is 501 g/mol. The van der Waals surface area contributed by atoms with Crippen LogP contribution in [0.4, 0.5) is 8.78 Å². The number of imidazole rings is 1. The highest BCUT2D eigenvalue weighted by Crippen LogP contribution is 2.30. The Labute approximate surface area is 209 Å². The minimum absolute atomic E-state index is 0.129. The lowest BCUT2D eigenvalue weighted by Crippen LogP contribution is -2.27. The van der Waals surface area contributed by atoms with E-state index >= 15 is 0 Å². The first-order valence-electron chi connectivity index (χ1n) is 12.1. The number of hydrogen-bond acceptors (Lipinski definition) is 5. The quantitative estimate of drug-likeness (QED) is 0.221. The largest absolute Gasteiger partial charge is 0.393 e. The van der Waals surface area contributed by atoms with E-state index in [4.69, 9.17) is 10.2 Å². The highest BCUT2D eigenvalue weighted by atomic mass is 19.2. The lowest BCUT2D eigenvalue weighted by molar-refractivity contribution is -0.0708. The Kier molecular flexibility index (Phi) is 9.69. The molecule has 0 saturated heterocycles. The number of aliphatic hydroxyl groups is 3. The van der Waals surface area contributed by atoms with Gasteiger partial charge in [-0.1, -0.05) is 36.8 Å². The van der Waals surface area contributed by atoms with Crippen LogP contribution < -0.4 is 5.32 Å². The van der Waals surface area contributed by atoms with Crippen molar-refractivity contribution in [3.8, 4) is 11.3 Å². The number of carbonyl (C=O) groups is 1. The lowest BCUT2D eigenvalue weighted by atomic mass is 10.0. The van der Waals surface area contributed by atoms with Crippen LogP contribution in [0.5, 0.6) is 0 Å². The summed E-state index contributed by atoms with van der Waals surface area (Å²) in [5.41, 5.74) is 2.40. The molecule has 0 fully saturated rings. The molecule has 0 saturated carbocycles. The summed E-state index contributed by atoms with van der Waals surface area (Å²) < 4.78 is 29.5. The molecule has 1 amide bonds. The topological polar surface area (TPSA) is 108 Å². The minimum atomic E-state index is -1.57. The summed E-state index contributed by atoms with van der Waals surface area (Å²) in [6, 6.07) is 12.9. The molecule has 1 heterocycles. The van der Waals surface area contributed by atoms with Gasteiger partial charge in [0.25, 0.3) is 5.91 Å². The molecule has 3 aromatic rings. The van der Waals surface area contributed by atoms with Gasteiger partial charge in [-0.25, -0.2) is 13.8 Å². The van der Waals surface area contributed by atoms with Gasteiger partial charge in [-0.15, -0.1) is 0 Å². The van der Waals surface area contributed by atoms with Crippen molar-refractivity contribution < 1.29 is 28.9 Å². The molecule has 3 rings (SSSR count). The second kappa shape index (κ2) is 12.7. The van der Waals surface area contributed by atoms with Gasteiger partial charge in [0.15, 0.2) is 23.7 Å². The van der Waals surface area contributed by atoms with Crippen LogP contribution in [-0.4, -0.2) is 43.2 Å².